The van der Waals surface area contributed by atoms with Gasteiger partial charge in [-0.2, -0.15) is 0 Å². The lowest BCUT2D eigenvalue weighted by Gasteiger charge is -2.48. The summed E-state index contributed by atoms with van der Waals surface area (Å²) in [6, 6.07) is 0. The number of hydrogen-bond donors (Lipinski definition) is 0. The first-order chi connectivity index (χ1) is 7.27. The lowest BCUT2D eigenvalue weighted by Crippen LogP contribution is -2.58. The molecule has 2 aliphatic rings. The van der Waals surface area contributed by atoms with E-state index in [9.17, 15) is 0 Å². The van der Waals surface area contributed by atoms with Gasteiger partial charge in [-0.05, 0) is 65.2 Å². The SMILES string of the molecule is CCC(C)(N1CCCCC1)N1CCCC1. The summed E-state index contributed by atoms with van der Waals surface area (Å²) < 4.78 is 0. The molecule has 0 bridgehead atoms. The second-order valence-corrected chi connectivity index (χ2v) is 5.31. The van der Waals surface area contributed by atoms with Crippen LogP contribution in [0.1, 0.15) is 52.4 Å². The Kier molecular flexibility index (Phi) is 3.68. The molecule has 0 amide bonds. The zero-order chi connectivity index (χ0) is 10.7. The molecule has 0 aromatic heterocycles. The van der Waals surface area contributed by atoms with Gasteiger partial charge in [0.05, 0.1) is 5.66 Å². The van der Waals surface area contributed by atoms with Crippen LogP contribution in [0.2, 0.25) is 0 Å². The number of hydrogen-bond acceptors (Lipinski definition) is 2. The number of likely N-dealkylation sites (tertiary alicyclic amines) is 2. The third-order valence-electron chi connectivity index (χ3n) is 4.49. The van der Waals surface area contributed by atoms with E-state index >= 15 is 0 Å². The molecule has 2 saturated heterocycles. The molecular formula is C13H26N2. The van der Waals surface area contributed by atoms with Gasteiger partial charge in [-0.3, -0.25) is 9.80 Å². The minimum atomic E-state index is 0.358. The predicted octanol–water partition coefficient (Wildman–Crippen LogP) is 2.69. The summed E-state index contributed by atoms with van der Waals surface area (Å²) in [5, 5.41) is 0. The van der Waals surface area contributed by atoms with E-state index < -0.39 is 0 Å². The Hall–Kier alpha value is -0.0800. The summed E-state index contributed by atoms with van der Waals surface area (Å²) in [5.74, 6) is 0. The van der Waals surface area contributed by atoms with Crippen LogP contribution in [0.4, 0.5) is 0 Å². The fourth-order valence-electron chi connectivity index (χ4n) is 3.22. The van der Waals surface area contributed by atoms with Gasteiger partial charge in [0.2, 0.25) is 0 Å². The topological polar surface area (TPSA) is 6.48 Å². The molecule has 15 heavy (non-hydrogen) atoms. The molecule has 1 unspecified atom stereocenters. The van der Waals surface area contributed by atoms with E-state index in [0.717, 1.165) is 0 Å². The molecule has 0 aromatic rings. The Morgan fingerprint density at radius 1 is 0.800 bits per heavy atom. The average Bonchev–Trinajstić information content (AvgIpc) is 2.83. The highest BCUT2D eigenvalue weighted by Crippen LogP contribution is 2.30. The van der Waals surface area contributed by atoms with Gasteiger partial charge in [0, 0.05) is 0 Å². The molecule has 2 heterocycles. The Morgan fingerprint density at radius 3 is 1.60 bits per heavy atom. The molecule has 2 fully saturated rings. The summed E-state index contributed by atoms with van der Waals surface area (Å²) in [4.78, 5) is 5.46. The highest BCUT2D eigenvalue weighted by molar-refractivity contribution is 4.89. The van der Waals surface area contributed by atoms with Crippen molar-refractivity contribution in [2.75, 3.05) is 26.2 Å². The standard InChI is InChI=1S/C13H26N2/c1-3-13(2,15-11-7-8-12-15)14-9-5-4-6-10-14/h3-12H2,1-2H3. The minimum absolute atomic E-state index is 0.358. The van der Waals surface area contributed by atoms with Crippen LogP contribution in [0.3, 0.4) is 0 Å². The van der Waals surface area contributed by atoms with Crippen molar-refractivity contribution in [2.24, 2.45) is 0 Å². The van der Waals surface area contributed by atoms with Crippen LogP contribution in [0.25, 0.3) is 0 Å². The summed E-state index contributed by atoms with van der Waals surface area (Å²) in [5.41, 5.74) is 0.358. The molecular weight excluding hydrogens is 184 g/mol. The normalized spacial score (nSPS) is 29.2. The quantitative estimate of drug-likeness (QED) is 0.706. The van der Waals surface area contributed by atoms with Crippen molar-refractivity contribution >= 4 is 0 Å². The monoisotopic (exact) mass is 210 g/mol. The first-order valence-corrected chi connectivity index (χ1v) is 6.77. The van der Waals surface area contributed by atoms with E-state index in [-0.39, 0.29) is 0 Å². The van der Waals surface area contributed by atoms with Crippen molar-refractivity contribution in [1.29, 1.82) is 0 Å². The number of rotatable bonds is 3. The number of nitrogens with zero attached hydrogens (tertiary/aromatic N) is 2. The van der Waals surface area contributed by atoms with Crippen molar-refractivity contribution < 1.29 is 0 Å². The second-order valence-electron chi connectivity index (χ2n) is 5.31. The zero-order valence-electron chi connectivity index (χ0n) is 10.5. The highest BCUT2D eigenvalue weighted by Gasteiger charge is 2.37. The smallest absolute Gasteiger partial charge is 0.0706 e. The maximum atomic E-state index is 2.74. The summed E-state index contributed by atoms with van der Waals surface area (Å²) >= 11 is 0. The van der Waals surface area contributed by atoms with E-state index in [2.05, 4.69) is 23.6 Å². The highest BCUT2D eigenvalue weighted by atomic mass is 15.4. The maximum absolute atomic E-state index is 2.74. The molecule has 0 aliphatic carbocycles. The summed E-state index contributed by atoms with van der Waals surface area (Å²) in [6.07, 6.45) is 8.34. The first kappa shape index (κ1) is 11.4. The van der Waals surface area contributed by atoms with Gasteiger partial charge in [0.1, 0.15) is 0 Å². The van der Waals surface area contributed by atoms with Crippen LogP contribution >= 0.6 is 0 Å². The molecule has 1 atom stereocenters. The van der Waals surface area contributed by atoms with Gasteiger partial charge in [-0.25, -0.2) is 0 Å². The van der Waals surface area contributed by atoms with Gasteiger partial charge >= 0.3 is 0 Å². The third kappa shape index (κ3) is 2.21. The van der Waals surface area contributed by atoms with Crippen molar-refractivity contribution in [3.8, 4) is 0 Å². The second kappa shape index (κ2) is 4.84. The van der Waals surface area contributed by atoms with Crippen molar-refractivity contribution in [3.63, 3.8) is 0 Å². The van der Waals surface area contributed by atoms with Crippen LogP contribution < -0.4 is 0 Å². The van der Waals surface area contributed by atoms with Gasteiger partial charge in [0.25, 0.3) is 0 Å². The molecule has 2 nitrogen and oxygen atoms in total. The molecule has 0 saturated carbocycles. The lowest BCUT2D eigenvalue weighted by molar-refractivity contribution is -0.0463. The summed E-state index contributed by atoms with van der Waals surface area (Å²) in [6.45, 7) is 10.1. The van der Waals surface area contributed by atoms with E-state index in [1.165, 1.54) is 64.7 Å². The first-order valence-electron chi connectivity index (χ1n) is 6.77. The van der Waals surface area contributed by atoms with Crippen molar-refractivity contribution in [3.05, 3.63) is 0 Å². The van der Waals surface area contributed by atoms with Crippen molar-refractivity contribution in [2.45, 2.75) is 58.0 Å². The zero-order valence-corrected chi connectivity index (χ0v) is 10.5. The van der Waals surface area contributed by atoms with E-state index in [0.29, 0.717) is 5.66 Å². The average molecular weight is 210 g/mol. The molecule has 2 aliphatic heterocycles. The third-order valence-corrected chi connectivity index (χ3v) is 4.49. The van der Waals surface area contributed by atoms with Crippen LogP contribution in [0, 0.1) is 0 Å². The maximum Gasteiger partial charge on any atom is 0.0706 e. The van der Waals surface area contributed by atoms with E-state index in [1.807, 2.05) is 0 Å². The molecule has 0 radical (unpaired) electrons. The lowest BCUT2D eigenvalue weighted by atomic mass is 10.0. The minimum Gasteiger partial charge on any atom is -0.286 e. The molecule has 2 heteroatoms. The molecule has 88 valence electrons. The van der Waals surface area contributed by atoms with Gasteiger partial charge in [-0.1, -0.05) is 13.3 Å². The van der Waals surface area contributed by atoms with E-state index in [1.54, 1.807) is 0 Å². The fourth-order valence-corrected chi connectivity index (χ4v) is 3.22. The van der Waals surface area contributed by atoms with Gasteiger partial charge in [0.15, 0.2) is 0 Å². The van der Waals surface area contributed by atoms with E-state index in [4.69, 9.17) is 0 Å². The molecule has 0 spiro atoms. The Balaban J connectivity index is 2.04. The van der Waals surface area contributed by atoms with Gasteiger partial charge in [-0.15, -0.1) is 0 Å². The fraction of sp³-hybridized carbons (Fsp3) is 1.00. The predicted molar refractivity (Wildman–Crippen MR) is 64.9 cm³/mol. The van der Waals surface area contributed by atoms with Gasteiger partial charge < -0.3 is 0 Å². The Bertz CT molecular complexity index is 193. The van der Waals surface area contributed by atoms with Crippen LogP contribution in [0.15, 0.2) is 0 Å². The molecule has 0 N–H and O–H groups in total. The molecule has 2 rings (SSSR count). The van der Waals surface area contributed by atoms with Crippen LogP contribution in [-0.2, 0) is 0 Å². The summed E-state index contributed by atoms with van der Waals surface area (Å²) in [7, 11) is 0. The van der Waals surface area contributed by atoms with Crippen LogP contribution in [-0.4, -0.2) is 41.6 Å². The Labute approximate surface area is 94.6 Å². The largest absolute Gasteiger partial charge is 0.286 e. The number of piperidine rings is 1. The van der Waals surface area contributed by atoms with Crippen molar-refractivity contribution in [1.82, 2.24) is 9.80 Å². The molecule has 0 aromatic carbocycles. The van der Waals surface area contributed by atoms with Crippen LogP contribution in [0.5, 0.6) is 0 Å². The Morgan fingerprint density at radius 2 is 1.20 bits per heavy atom.